The van der Waals surface area contributed by atoms with Gasteiger partial charge in [0.05, 0.1) is 21.8 Å². The minimum Gasteiger partial charge on any atom is -0.461 e. The predicted molar refractivity (Wildman–Crippen MR) is 68.8 cm³/mol. The van der Waals surface area contributed by atoms with Crippen LogP contribution >= 0.6 is 0 Å². The van der Waals surface area contributed by atoms with Gasteiger partial charge < -0.3 is 4.74 Å². The van der Waals surface area contributed by atoms with E-state index >= 15 is 0 Å². The topological polar surface area (TPSA) is 55.4 Å². The van der Waals surface area contributed by atoms with Crippen LogP contribution in [-0.2, 0) is 20.5 Å². The highest BCUT2D eigenvalue weighted by molar-refractivity contribution is 7.84. The van der Waals surface area contributed by atoms with Crippen LogP contribution < -0.4 is 4.72 Å². The second-order valence-corrected chi connectivity index (χ2v) is 7.83. The maximum Gasteiger partial charge on any atom is 0.306 e. The molecule has 100 valence electrons. The number of rotatable bonds is 4. The van der Waals surface area contributed by atoms with Crippen LogP contribution in [0.1, 0.15) is 47.5 Å². The number of carbonyl (C=O) groups excluding carboxylic acids is 1. The first-order chi connectivity index (χ1) is 7.71. The number of ether oxygens (including phenoxy) is 1. The lowest BCUT2D eigenvalue weighted by Crippen LogP contribution is -2.48. The average molecular weight is 261 g/mol. The monoisotopic (exact) mass is 261 g/mol. The fourth-order valence-electron chi connectivity index (χ4n) is 1.74. The fourth-order valence-corrected chi connectivity index (χ4v) is 2.77. The average Bonchev–Trinajstić information content (AvgIpc) is 2.58. The van der Waals surface area contributed by atoms with Crippen molar-refractivity contribution >= 4 is 17.0 Å². The Kier molecular flexibility index (Phi) is 4.72. The minimum absolute atomic E-state index is 0.0403. The van der Waals surface area contributed by atoms with Crippen LogP contribution in [0.3, 0.4) is 0 Å². The van der Waals surface area contributed by atoms with Gasteiger partial charge in [-0.3, -0.25) is 4.79 Å². The van der Waals surface area contributed by atoms with Gasteiger partial charge in [-0.15, -0.1) is 0 Å². The molecular formula is C12H23NO3S. The van der Waals surface area contributed by atoms with Crippen molar-refractivity contribution in [2.75, 3.05) is 0 Å². The summed E-state index contributed by atoms with van der Waals surface area (Å²) in [7, 11) is -1.14. The van der Waals surface area contributed by atoms with Gasteiger partial charge >= 0.3 is 5.97 Å². The molecule has 5 heteroatoms. The first kappa shape index (κ1) is 14.6. The zero-order chi connectivity index (χ0) is 13.2. The van der Waals surface area contributed by atoms with E-state index in [2.05, 4.69) is 4.72 Å². The molecule has 0 saturated carbocycles. The third-order valence-electron chi connectivity index (χ3n) is 2.83. The Hall–Kier alpha value is -0.420. The number of hydrogen-bond acceptors (Lipinski definition) is 3. The number of carbonyl (C=O) groups is 1. The molecule has 1 fully saturated rings. The molecule has 0 aliphatic carbocycles. The van der Waals surface area contributed by atoms with E-state index in [1.54, 1.807) is 0 Å². The molecule has 0 aromatic rings. The van der Waals surface area contributed by atoms with Crippen molar-refractivity contribution in [3.8, 4) is 0 Å². The highest BCUT2D eigenvalue weighted by Crippen LogP contribution is 2.23. The molecular weight excluding hydrogens is 238 g/mol. The van der Waals surface area contributed by atoms with Gasteiger partial charge in [-0.2, -0.15) is 0 Å². The smallest absolute Gasteiger partial charge is 0.306 e. The van der Waals surface area contributed by atoms with E-state index in [0.29, 0.717) is 6.42 Å². The van der Waals surface area contributed by atoms with Crippen LogP contribution in [0.25, 0.3) is 0 Å². The maximum absolute atomic E-state index is 12.1. The molecule has 0 aromatic heterocycles. The third kappa shape index (κ3) is 4.07. The molecule has 3 atom stereocenters. The van der Waals surface area contributed by atoms with Crippen molar-refractivity contribution in [1.29, 1.82) is 0 Å². The first-order valence-electron chi connectivity index (χ1n) is 6.09. The zero-order valence-electron chi connectivity index (χ0n) is 11.3. The molecule has 0 bridgehead atoms. The maximum atomic E-state index is 12.1. The lowest BCUT2D eigenvalue weighted by Gasteiger charge is -2.29. The Morgan fingerprint density at radius 1 is 1.41 bits per heavy atom. The normalized spacial score (nSPS) is 24.8. The Labute approximate surface area is 106 Å². The SMILES string of the molecule is CC(C)[C@H](NS(=O)C(C)(C)C)[C@H]1CCC(=O)O1. The standard InChI is InChI=1S/C12H23NO3S/c1-8(2)11(9-6-7-10(14)16-9)13-17(15)12(3,4)5/h8-9,11,13H,6-7H2,1-5H3/t9-,11+,17?/m1/s1. The molecule has 4 nitrogen and oxygen atoms in total. The highest BCUT2D eigenvalue weighted by atomic mass is 32.2. The predicted octanol–water partition coefficient (Wildman–Crippen LogP) is 1.77. The van der Waals surface area contributed by atoms with E-state index in [1.807, 2.05) is 34.6 Å². The van der Waals surface area contributed by atoms with Gasteiger partial charge in [-0.25, -0.2) is 8.93 Å². The number of hydrogen-bond donors (Lipinski definition) is 1. The van der Waals surface area contributed by atoms with Gasteiger partial charge in [0.25, 0.3) is 0 Å². The van der Waals surface area contributed by atoms with Gasteiger partial charge in [0, 0.05) is 6.42 Å². The molecule has 1 saturated heterocycles. The summed E-state index contributed by atoms with van der Waals surface area (Å²) >= 11 is 0. The summed E-state index contributed by atoms with van der Waals surface area (Å²) in [6.07, 6.45) is 1.04. The first-order valence-corrected chi connectivity index (χ1v) is 7.24. The molecule has 1 aliphatic rings. The van der Waals surface area contributed by atoms with Crippen LogP contribution in [-0.4, -0.2) is 27.1 Å². The van der Waals surface area contributed by atoms with E-state index in [0.717, 1.165) is 6.42 Å². The molecule has 0 amide bonds. The third-order valence-corrected chi connectivity index (χ3v) is 4.43. The van der Waals surface area contributed by atoms with E-state index < -0.39 is 11.0 Å². The summed E-state index contributed by atoms with van der Waals surface area (Å²) in [5.41, 5.74) is 0. The lowest BCUT2D eigenvalue weighted by atomic mass is 9.98. The highest BCUT2D eigenvalue weighted by Gasteiger charge is 2.35. The van der Waals surface area contributed by atoms with Crippen LogP contribution in [0.2, 0.25) is 0 Å². The van der Waals surface area contributed by atoms with Gasteiger partial charge in [0.15, 0.2) is 0 Å². The molecule has 1 heterocycles. The Morgan fingerprint density at radius 3 is 2.35 bits per heavy atom. The van der Waals surface area contributed by atoms with E-state index in [9.17, 15) is 9.00 Å². The van der Waals surface area contributed by atoms with E-state index in [-0.39, 0.29) is 28.8 Å². The lowest BCUT2D eigenvalue weighted by molar-refractivity contribution is -0.142. The van der Waals surface area contributed by atoms with Crippen molar-refractivity contribution in [3.63, 3.8) is 0 Å². The number of esters is 1. The summed E-state index contributed by atoms with van der Waals surface area (Å²) in [5, 5.41) is 0. The van der Waals surface area contributed by atoms with Gasteiger partial charge in [0.1, 0.15) is 6.10 Å². The van der Waals surface area contributed by atoms with Crippen LogP contribution in [0.15, 0.2) is 0 Å². The van der Waals surface area contributed by atoms with Crippen LogP contribution in [0, 0.1) is 5.92 Å². The van der Waals surface area contributed by atoms with Crippen LogP contribution in [0.5, 0.6) is 0 Å². The molecule has 1 aliphatic heterocycles. The number of nitrogens with one attached hydrogen (secondary N) is 1. The van der Waals surface area contributed by atoms with E-state index in [4.69, 9.17) is 4.74 Å². The summed E-state index contributed by atoms with van der Waals surface area (Å²) < 4.78 is 20.1. The Bertz CT molecular complexity index is 309. The minimum atomic E-state index is -1.14. The second-order valence-electron chi connectivity index (χ2n) is 5.84. The van der Waals surface area contributed by atoms with Crippen molar-refractivity contribution in [2.45, 2.75) is 64.4 Å². The Balaban J connectivity index is 2.67. The summed E-state index contributed by atoms with van der Waals surface area (Å²) in [4.78, 5) is 11.1. The fraction of sp³-hybridized carbons (Fsp3) is 0.917. The summed E-state index contributed by atoms with van der Waals surface area (Å²) in [5.74, 6) is 0.126. The molecule has 1 N–H and O–H groups in total. The molecule has 0 spiro atoms. The van der Waals surface area contributed by atoms with Gasteiger partial charge in [0.2, 0.25) is 0 Å². The van der Waals surface area contributed by atoms with Crippen molar-refractivity contribution in [1.82, 2.24) is 4.72 Å². The second kappa shape index (κ2) is 5.48. The zero-order valence-corrected chi connectivity index (χ0v) is 12.1. The summed E-state index contributed by atoms with van der Waals surface area (Å²) in [6, 6.07) is -0.0403. The van der Waals surface area contributed by atoms with Crippen molar-refractivity contribution in [3.05, 3.63) is 0 Å². The van der Waals surface area contributed by atoms with Crippen molar-refractivity contribution < 1.29 is 13.7 Å². The molecule has 0 radical (unpaired) electrons. The molecule has 1 rings (SSSR count). The Morgan fingerprint density at radius 2 is 2.00 bits per heavy atom. The van der Waals surface area contributed by atoms with E-state index in [1.165, 1.54) is 0 Å². The van der Waals surface area contributed by atoms with Gasteiger partial charge in [-0.1, -0.05) is 13.8 Å². The molecule has 1 unspecified atom stereocenters. The quantitative estimate of drug-likeness (QED) is 0.785. The molecule has 17 heavy (non-hydrogen) atoms. The number of cyclic esters (lactones) is 1. The van der Waals surface area contributed by atoms with Crippen molar-refractivity contribution in [2.24, 2.45) is 5.92 Å². The summed E-state index contributed by atoms with van der Waals surface area (Å²) in [6.45, 7) is 9.86. The van der Waals surface area contributed by atoms with Crippen LogP contribution in [0.4, 0.5) is 0 Å². The van der Waals surface area contributed by atoms with Gasteiger partial charge in [-0.05, 0) is 33.1 Å². The largest absolute Gasteiger partial charge is 0.461 e. The molecule has 0 aromatic carbocycles.